The highest BCUT2D eigenvalue weighted by Gasteiger charge is 1.99. The zero-order valence-electron chi connectivity index (χ0n) is 8.23. The Morgan fingerprint density at radius 1 is 1.33 bits per heavy atom. The maximum Gasteiger partial charge on any atom is 0.0691 e. The van der Waals surface area contributed by atoms with E-state index in [4.69, 9.17) is 11.6 Å². The zero-order valence-corrected chi connectivity index (χ0v) is 8.98. The van der Waals surface area contributed by atoms with Gasteiger partial charge in [0, 0.05) is 30.2 Å². The highest BCUT2D eigenvalue weighted by Crippen LogP contribution is 2.09. The summed E-state index contributed by atoms with van der Waals surface area (Å²) >= 11 is 5.80. The quantitative estimate of drug-likeness (QED) is 0.848. The molecule has 0 amide bonds. The minimum Gasteiger partial charge on any atom is -0.308 e. The molecule has 2 rings (SSSR count). The van der Waals surface area contributed by atoms with Crippen LogP contribution in [0.5, 0.6) is 0 Å². The van der Waals surface area contributed by atoms with Crippen molar-refractivity contribution in [3.63, 3.8) is 0 Å². The van der Waals surface area contributed by atoms with Gasteiger partial charge < -0.3 is 5.01 Å². The van der Waals surface area contributed by atoms with Crippen molar-refractivity contribution in [2.45, 2.75) is 6.54 Å². The fourth-order valence-electron chi connectivity index (χ4n) is 1.29. The molecule has 0 fully saturated rings. The third kappa shape index (κ3) is 3.08. The molecule has 1 aliphatic heterocycles. The molecule has 0 aromatic heterocycles. The Balaban J connectivity index is 1.85. The van der Waals surface area contributed by atoms with Crippen LogP contribution in [0.3, 0.4) is 0 Å². The van der Waals surface area contributed by atoms with Gasteiger partial charge in [0.2, 0.25) is 0 Å². The number of nitrogens with zero attached hydrogens (tertiary/aromatic N) is 2. The predicted molar refractivity (Wildman–Crippen MR) is 62.6 cm³/mol. The van der Waals surface area contributed by atoms with Gasteiger partial charge in [-0.05, 0) is 17.7 Å². The summed E-state index contributed by atoms with van der Waals surface area (Å²) in [6.45, 7) is 1.58. The van der Waals surface area contributed by atoms with Crippen molar-refractivity contribution < 1.29 is 0 Å². The minimum absolute atomic E-state index is 0.767. The topological polar surface area (TPSA) is 27.6 Å². The molecule has 1 aromatic rings. The summed E-state index contributed by atoms with van der Waals surface area (Å²) < 4.78 is 0. The maximum absolute atomic E-state index is 5.80. The molecule has 0 atom stereocenters. The normalized spacial score (nSPS) is 14.6. The average molecular weight is 222 g/mol. The largest absolute Gasteiger partial charge is 0.308 e. The van der Waals surface area contributed by atoms with E-state index in [1.54, 1.807) is 6.20 Å². The van der Waals surface area contributed by atoms with E-state index in [9.17, 15) is 0 Å². The summed E-state index contributed by atoms with van der Waals surface area (Å²) in [7, 11) is 0. The first kappa shape index (κ1) is 10.2. The van der Waals surface area contributed by atoms with Gasteiger partial charge in [-0.3, -0.25) is 4.99 Å². The molecule has 1 heterocycles. The fraction of sp³-hybridized carbons (Fsp3) is 0.182. The van der Waals surface area contributed by atoms with E-state index >= 15 is 0 Å². The molecular weight excluding hydrogens is 210 g/mol. The van der Waals surface area contributed by atoms with E-state index in [2.05, 4.69) is 10.4 Å². The second kappa shape index (κ2) is 4.96. The number of aliphatic imine (C=N–C) groups is 1. The van der Waals surface area contributed by atoms with Gasteiger partial charge in [0.25, 0.3) is 0 Å². The van der Waals surface area contributed by atoms with Crippen molar-refractivity contribution in [2.75, 3.05) is 6.54 Å². The van der Waals surface area contributed by atoms with Gasteiger partial charge in [0.1, 0.15) is 0 Å². The molecule has 4 heteroatoms. The van der Waals surface area contributed by atoms with Crippen LogP contribution in [0.25, 0.3) is 0 Å². The van der Waals surface area contributed by atoms with Crippen molar-refractivity contribution in [3.05, 3.63) is 47.3 Å². The number of hydrogen-bond donors (Lipinski definition) is 1. The van der Waals surface area contributed by atoms with E-state index < -0.39 is 0 Å². The summed E-state index contributed by atoms with van der Waals surface area (Å²) in [4.78, 5) is 3.99. The first-order valence-corrected chi connectivity index (χ1v) is 5.15. The number of benzene rings is 1. The smallest absolute Gasteiger partial charge is 0.0691 e. The maximum atomic E-state index is 5.80. The summed E-state index contributed by atoms with van der Waals surface area (Å²) in [6, 6.07) is 7.81. The second-order valence-electron chi connectivity index (χ2n) is 3.24. The Kier molecular flexibility index (Phi) is 3.37. The van der Waals surface area contributed by atoms with Crippen LogP contribution in [0.4, 0.5) is 0 Å². The molecule has 3 nitrogen and oxygen atoms in total. The van der Waals surface area contributed by atoms with Crippen LogP contribution in [-0.4, -0.2) is 17.8 Å². The standard InChI is InChI=1S/C11H12ClN3/c12-11-3-1-10(2-4-11)9-14-15-7-5-13-6-8-15/h1-7,14H,8-9H2. The highest BCUT2D eigenvalue weighted by molar-refractivity contribution is 6.30. The van der Waals surface area contributed by atoms with Crippen LogP contribution < -0.4 is 5.43 Å². The number of hydrazine groups is 1. The van der Waals surface area contributed by atoms with Gasteiger partial charge in [0.15, 0.2) is 0 Å². The molecule has 0 radical (unpaired) electrons. The molecule has 1 N–H and O–H groups in total. The fourth-order valence-corrected chi connectivity index (χ4v) is 1.41. The minimum atomic E-state index is 0.767. The molecule has 0 saturated carbocycles. The van der Waals surface area contributed by atoms with Gasteiger partial charge in [-0.1, -0.05) is 23.7 Å². The van der Waals surface area contributed by atoms with Crippen LogP contribution in [0.2, 0.25) is 5.02 Å². The Morgan fingerprint density at radius 3 is 2.80 bits per heavy atom. The first-order chi connectivity index (χ1) is 7.34. The van der Waals surface area contributed by atoms with Crippen molar-refractivity contribution in [1.82, 2.24) is 10.4 Å². The summed E-state index contributed by atoms with van der Waals surface area (Å²) in [6.07, 6.45) is 5.53. The van der Waals surface area contributed by atoms with Gasteiger partial charge >= 0.3 is 0 Å². The number of halogens is 1. The van der Waals surface area contributed by atoms with E-state index in [-0.39, 0.29) is 0 Å². The van der Waals surface area contributed by atoms with E-state index in [0.717, 1.165) is 18.1 Å². The molecule has 15 heavy (non-hydrogen) atoms. The highest BCUT2D eigenvalue weighted by atomic mass is 35.5. The lowest BCUT2D eigenvalue weighted by atomic mass is 10.2. The summed E-state index contributed by atoms with van der Waals surface area (Å²) in [5.74, 6) is 0. The van der Waals surface area contributed by atoms with E-state index in [1.807, 2.05) is 41.7 Å². The van der Waals surface area contributed by atoms with Gasteiger partial charge in [-0.25, -0.2) is 5.43 Å². The second-order valence-corrected chi connectivity index (χ2v) is 3.68. The number of rotatable bonds is 3. The van der Waals surface area contributed by atoms with Crippen LogP contribution in [-0.2, 0) is 6.54 Å². The summed E-state index contributed by atoms with van der Waals surface area (Å²) in [5, 5.41) is 2.76. The van der Waals surface area contributed by atoms with E-state index in [1.165, 1.54) is 5.56 Å². The Labute approximate surface area is 94.0 Å². The molecular formula is C11H12ClN3. The predicted octanol–water partition coefficient (Wildman–Crippen LogP) is 2.20. The van der Waals surface area contributed by atoms with Crippen LogP contribution in [0.1, 0.15) is 5.56 Å². The SMILES string of the molecule is Clc1ccc(CNN2C=CN=CC2)cc1. The summed E-state index contributed by atoms with van der Waals surface area (Å²) in [5.41, 5.74) is 4.47. The van der Waals surface area contributed by atoms with Crippen molar-refractivity contribution in [2.24, 2.45) is 4.99 Å². The molecule has 0 aliphatic carbocycles. The molecule has 78 valence electrons. The van der Waals surface area contributed by atoms with Gasteiger partial charge in [0.05, 0.1) is 6.54 Å². The third-order valence-electron chi connectivity index (χ3n) is 2.12. The van der Waals surface area contributed by atoms with Crippen molar-refractivity contribution in [1.29, 1.82) is 0 Å². The molecule has 0 spiro atoms. The molecule has 1 aromatic carbocycles. The number of hydrogen-bond acceptors (Lipinski definition) is 3. The van der Waals surface area contributed by atoms with Gasteiger partial charge in [-0.2, -0.15) is 0 Å². The lowest BCUT2D eigenvalue weighted by Gasteiger charge is -2.20. The molecule has 0 saturated heterocycles. The van der Waals surface area contributed by atoms with Crippen molar-refractivity contribution in [3.8, 4) is 0 Å². The monoisotopic (exact) mass is 221 g/mol. The van der Waals surface area contributed by atoms with Crippen molar-refractivity contribution >= 4 is 17.8 Å². The Bertz CT molecular complexity index is 370. The molecule has 1 aliphatic rings. The Hall–Kier alpha value is -1.32. The lowest BCUT2D eigenvalue weighted by molar-refractivity contribution is 0.300. The lowest BCUT2D eigenvalue weighted by Crippen LogP contribution is -2.35. The molecule has 0 unspecified atom stereocenters. The van der Waals surface area contributed by atoms with Crippen LogP contribution >= 0.6 is 11.6 Å². The third-order valence-corrected chi connectivity index (χ3v) is 2.37. The van der Waals surface area contributed by atoms with E-state index in [0.29, 0.717) is 0 Å². The molecule has 0 bridgehead atoms. The zero-order chi connectivity index (χ0) is 10.5. The number of nitrogens with one attached hydrogen (secondary N) is 1. The van der Waals surface area contributed by atoms with Crippen LogP contribution in [0.15, 0.2) is 41.7 Å². The average Bonchev–Trinajstić information content (AvgIpc) is 2.30. The first-order valence-electron chi connectivity index (χ1n) is 4.77. The van der Waals surface area contributed by atoms with Crippen LogP contribution in [0, 0.1) is 0 Å². The van der Waals surface area contributed by atoms with Gasteiger partial charge in [-0.15, -0.1) is 0 Å². The Morgan fingerprint density at radius 2 is 2.13 bits per heavy atom.